The number of piperidine rings is 3. The molecule has 1 N–H and O–H groups in total. The lowest BCUT2D eigenvalue weighted by molar-refractivity contribution is -0.0500. The molecule has 0 aromatic heterocycles. The van der Waals surface area contributed by atoms with Gasteiger partial charge in [0.2, 0.25) is 0 Å². The van der Waals surface area contributed by atoms with Gasteiger partial charge in [-0.1, -0.05) is 11.8 Å². The standard InChI is InChI=1S/C20H27NO4/c1-23-13-18(14-24-2)25-17-6-3-15(4-7-17)5-8-19-20(22)16-9-11-21(19)12-10-16/h3-4,6-7,16,18-20,22H,9-14H2,1-2H3. The first kappa shape index (κ1) is 18.2. The Balaban J connectivity index is 1.61. The molecule has 136 valence electrons. The van der Waals surface area contributed by atoms with Gasteiger partial charge in [0.1, 0.15) is 11.9 Å². The molecule has 3 fully saturated rings. The van der Waals surface area contributed by atoms with Gasteiger partial charge in [-0.2, -0.15) is 0 Å². The number of aliphatic hydroxyl groups is 1. The summed E-state index contributed by atoms with van der Waals surface area (Å²) in [5, 5.41) is 10.4. The summed E-state index contributed by atoms with van der Waals surface area (Å²) in [5.41, 5.74) is 0.928. The molecule has 0 radical (unpaired) electrons. The van der Waals surface area contributed by atoms with Crippen molar-refractivity contribution in [1.82, 2.24) is 4.90 Å². The van der Waals surface area contributed by atoms with Crippen LogP contribution in [0, 0.1) is 17.8 Å². The van der Waals surface area contributed by atoms with Gasteiger partial charge in [-0.25, -0.2) is 0 Å². The van der Waals surface area contributed by atoms with Gasteiger partial charge in [-0.3, -0.25) is 4.90 Å². The molecule has 25 heavy (non-hydrogen) atoms. The van der Waals surface area contributed by atoms with Crippen LogP contribution in [0.4, 0.5) is 0 Å². The first-order chi connectivity index (χ1) is 12.2. The zero-order valence-electron chi connectivity index (χ0n) is 15.0. The van der Waals surface area contributed by atoms with Crippen LogP contribution in [-0.4, -0.2) is 68.8 Å². The maximum atomic E-state index is 10.4. The van der Waals surface area contributed by atoms with Crippen LogP contribution in [0.25, 0.3) is 0 Å². The minimum absolute atomic E-state index is 0.0313. The number of nitrogens with zero attached hydrogens (tertiary/aromatic N) is 1. The van der Waals surface area contributed by atoms with E-state index >= 15 is 0 Å². The molecule has 3 heterocycles. The molecule has 0 spiro atoms. The largest absolute Gasteiger partial charge is 0.486 e. The van der Waals surface area contributed by atoms with Gasteiger partial charge >= 0.3 is 0 Å². The van der Waals surface area contributed by atoms with Gasteiger partial charge < -0.3 is 19.3 Å². The molecule has 3 aliphatic rings. The molecule has 5 heteroatoms. The van der Waals surface area contributed by atoms with Gasteiger partial charge in [0.05, 0.1) is 25.4 Å². The number of ether oxygens (including phenoxy) is 3. The minimum atomic E-state index is -0.318. The minimum Gasteiger partial charge on any atom is -0.486 e. The van der Waals surface area contributed by atoms with E-state index in [1.807, 2.05) is 24.3 Å². The molecule has 4 rings (SSSR count). The summed E-state index contributed by atoms with van der Waals surface area (Å²) in [6.07, 6.45) is 1.74. The van der Waals surface area contributed by atoms with Crippen LogP contribution in [0.15, 0.2) is 24.3 Å². The number of hydrogen-bond acceptors (Lipinski definition) is 5. The zero-order valence-corrected chi connectivity index (χ0v) is 15.0. The van der Waals surface area contributed by atoms with E-state index in [9.17, 15) is 5.11 Å². The van der Waals surface area contributed by atoms with Gasteiger partial charge in [-0.05, 0) is 56.1 Å². The summed E-state index contributed by atoms with van der Waals surface area (Å²) in [7, 11) is 3.29. The maximum Gasteiger partial charge on any atom is 0.145 e. The predicted molar refractivity (Wildman–Crippen MR) is 95.6 cm³/mol. The number of benzene rings is 1. The molecular formula is C20H27NO4. The average Bonchev–Trinajstić information content (AvgIpc) is 2.64. The Bertz CT molecular complexity index is 590. The van der Waals surface area contributed by atoms with Crippen molar-refractivity contribution in [2.45, 2.75) is 31.1 Å². The molecular weight excluding hydrogens is 318 g/mol. The maximum absolute atomic E-state index is 10.4. The van der Waals surface area contributed by atoms with Crippen LogP contribution in [-0.2, 0) is 9.47 Å². The molecule has 3 saturated heterocycles. The van der Waals surface area contributed by atoms with Crippen LogP contribution in [0.5, 0.6) is 5.75 Å². The van der Waals surface area contributed by atoms with Crippen LogP contribution >= 0.6 is 0 Å². The van der Waals surface area contributed by atoms with Crippen molar-refractivity contribution >= 4 is 0 Å². The first-order valence-electron chi connectivity index (χ1n) is 8.89. The number of rotatable bonds is 6. The Morgan fingerprint density at radius 3 is 2.32 bits per heavy atom. The first-order valence-corrected chi connectivity index (χ1v) is 8.89. The third-order valence-corrected chi connectivity index (χ3v) is 5.00. The highest BCUT2D eigenvalue weighted by Gasteiger charge is 2.40. The van der Waals surface area contributed by atoms with E-state index in [1.54, 1.807) is 14.2 Å². The topological polar surface area (TPSA) is 51.2 Å². The number of fused-ring (bicyclic) bond motifs is 3. The van der Waals surface area contributed by atoms with Crippen LogP contribution in [0.1, 0.15) is 18.4 Å². The van der Waals surface area contributed by atoms with Crippen molar-refractivity contribution in [2.24, 2.45) is 5.92 Å². The molecule has 1 aromatic rings. The van der Waals surface area contributed by atoms with E-state index in [-0.39, 0.29) is 18.2 Å². The normalized spacial score (nSPS) is 27.8. The lowest BCUT2D eigenvalue weighted by atomic mass is 9.81. The Hall–Kier alpha value is -1.58. The van der Waals surface area contributed by atoms with Crippen molar-refractivity contribution in [1.29, 1.82) is 0 Å². The molecule has 2 unspecified atom stereocenters. The summed E-state index contributed by atoms with van der Waals surface area (Å²) >= 11 is 0. The quantitative estimate of drug-likeness (QED) is 0.793. The number of methoxy groups -OCH3 is 2. The molecule has 5 nitrogen and oxygen atoms in total. The van der Waals surface area contributed by atoms with E-state index in [0.29, 0.717) is 19.1 Å². The Morgan fingerprint density at radius 1 is 1.12 bits per heavy atom. The molecule has 0 saturated carbocycles. The fourth-order valence-electron chi connectivity index (χ4n) is 3.64. The molecule has 1 aromatic carbocycles. The highest BCUT2D eigenvalue weighted by molar-refractivity contribution is 5.39. The van der Waals surface area contributed by atoms with Crippen LogP contribution in [0.3, 0.4) is 0 Å². The lowest BCUT2D eigenvalue weighted by Gasteiger charge is -2.46. The summed E-state index contributed by atoms with van der Waals surface area (Å²) < 4.78 is 16.1. The van der Waals surface area contributed by atoms with Crippen molar-refractivity contribution in [3.63, 3.8) is 0 Å². The highest BCUT2D eigenvalue weighted by atomic mass is 16.6. The van der Waals surface area contributed by atoms with Crippen LogP contribution in [0.2, 0.25) is 0 Å². The Morgan fingerprint density at radius 2 is 1.76 bits per heavy atom. The number of aliphatic hydroxyl groups excluding tert-OH is 1. The molecule has 2 atom stereocenters. The predicted octanol–water partition coefficient (Wildman–Crippen LogP) is 1.53. The van der Waals surface area contributed by atoms with E-state index in [0.717, 1.165) is 37.2 Å². The van der Waals surface area contributed by atoms with Gasteiger partial charge in [0.15, 0.2) is 0 Å². The lowest BCUT2D eigenvalue weighted by Crippen LogP contribution is -2.57. The summed E-state index contributed by atoms with van der Waals surface area (Å²) in [4.78, 5) is 2.30. The van der Waals surface area contributed by atoms with Gasteiger partial charge in [0.25, 0.3) is 0 Å². The zero-order chi connectivity index (χ0) is 17.6. The SMILES string of the molecule is COCC(COC)Oc1ccc(C#CC2C(O)C3CCN2CC3)cc1. The molecule has 0 aliphatic carbocycles. The Kier molecular flexibility index (Phi) is 6.33. The number of hydrogen-bond donors (Lipinski definition) is 1. The smallest absolute Gasteiger partial charge is 0.145 e. The molecule has 0 amide bonds. The fourth-order valence-corrected chi connectivity index (χ4v) is 3.64. The second-order valence-electron chi connectivity index (χ2n) is 6.75. The molecule has 3 aliphatic heterocycles. The van der Waals surface area contributed by atoms with E-state index < -0.39 is 0 Å². The second-order valence-corrected chi connectivity index (χ2v) is 6.75. The molecule has 2 bridgehead atoms. The van der Waals surface area contributed by atoms with Gasteiger partial charge in [-0.15, -0.1) is 0 Å². The van der Waals surface area contributed by atoms with E-state index in [4.69, 9.17) is 14.2 Å². The summed E-state index contributed by atoms with van der Waals surface area (Å²) in [5.74, 6) is 7.65. The van der Waals surface area contributed by atoms with Crippen molar-refractivity contribution in [3.8, 4) is 17.6 Å². The average molecular weight is 345 g/mol. The van der Waals surface area contributed by atoms with Crippen molar-refractivity contribution in [2.75, 3.05) is 40.5 Å². The van der Waals surface area contributed by atoms with Crippen LogP contribution < -0.4 is 4.74 Å². The highest BCUT2D eigenvalue weighted by Crippen LogP contribution is 2.31. The fraction of sp³-hybridized carbons (Fsp3) is 0.600. The third kappa shape index (κ3) is 4.53. The third-order valence-electron chi connectivity index (χ3n) is 5.00. The monoisotopic (exact) mass is 345 g/mol. The van der Waals surface area contributed by atoms with E-state index in [1.165, 1.54) is 0 Å². The van der Waals surface area contributed by atoms with Crippen molar-refractivity contribution in [3.05, 3.63) is 29.8 Å². The Labute approximate surface area is 149 Å². The second kappa shape index (κ2) is 8.68. The summed E-state index contributed by atoms with van der Waals surface area (Å²) in [6.45, 7) is 3.06. The van der Waals surface area contributed by atoms with E-state index in [2.05, 4.69) is 16.7 Å². The summed E-state index contributed by atoms with van der Waals surface area (Å²) in [6, 6.07) is 7.68. The van der Waals surface area contributed by atoms with Gasteiger partial charge in [0, 0.05) is 19.8 Å². The van der Waals surface area contributed by atoms with Crippen molar-refractivity contribution < 1.29 is 19.3 Å².